The van der Waals surface area contributed by atoms with Gasteiger partial charge in [-0.25, -0.2) is 13.8 Å². The first-order valence-electron chi connectivity index (χ1n) is 5.88. The van der Waals surface area contributed by atoms with Crippen molar-refractivity contribution in [1.29, 1.82) is 0 Å². The lowest BCUT2D eigenvalue weighted by molar-refractivity contribution is 0.573. The number of nitrogen functional groups attached to an aromatic ring is 1. The van der Waals surface area contributed by atoms with Crippen molar-refractivity contribution in [1.82, 2.24) is 4.98 Å². The summed E-state index contributed by atoms with van der Waals surface area (Å²) in [4.78, 5) is 5.19. The maximum atomic E-state index is 13.8. The second-order valence-electron chi connectivity index (χ2n) is 4.20. The summed E-state index contributed by atoms with van der Waals surface area (Å²) in [5, 5.41) is 0.483. The number of aromatic nitrogens is 1. The topological polar surface area (TPSA) is 38.9 Å². The van der Waals surface area contributed by atoms with Crippen molar-refractivity contribution in [2.45, 2.75) is 26.2 Å². The Labute approximate surface area is 122 Å². The molecule has 1 heterocycles. The third-order valence-electron chi connectivity index (χ3n) is 2.72. The molecule has 0 radical (unpaired) electrons. The molecule has 102 valence electrons. The van der Waals surface area contributed by atoms with Gasteiger partial charge in [-0.1, -0.05) is 29.3 Å². The fraction of sp³-hybridized carbons (Fsp3) is 0.308. The van der Waals surface area contributed by atoms with Gasteiger partial charge in [-0.3, -0.25) is 0 Å². The van der Waals surface area contributed by atoms with Crippen LogP contribution in [0.25, 0.3) is 0 Å². The Hall–Kier alpha value is -1.01. The molecule has 0 unspecified atom stereocenters. The van der Waals surface area contributed by atoms with Gasteiger partial charge in [0.15, 0.2) is 5.13 Å². The lowest BCUT2D eigenvalue weighted by Crippen LogP contribution is -1.97. The van der Waals surface area contributed by atoms with Gasteiger partial charge in [0, 0.05) is 27.4 Å². The third-order valence-corrected chi connectivity index (χ3v) is 4.36. The van der Waals surface area contributed by atoms with Crippen molar-refractivity contribution in [3.8, 4) is 0 Å². The number of halogens is 3. The van der Waals surface area contributed by atoms with Crippen LogP contribution in [0.15, 0.2) is 16.6 Å². The first-order valence-corrected chi connectivity index (χ1v) is 7.49. The Balaban J connectivity index is 2.36. The summed E-state index contributed by atoms with van der Waals surface area (Å²) in [5.74, 6) is -1.15. The van der Waals surface area contributed by atoms with Crippen LogP contribution in [0.4, 0.5) is 13.9 Å². The van der Waals surface area contributed by atoms with Gasteiger partial charge in [0.05, 0.1) is 5.69 Å². The van der Waals surface area contributed by atoms with Crippen LogP contribution in [0.1, 0.15) is 29.5 Å². The number of anilines is 1. The zero-order chi connectivity index (χ0) is 14.0. The molecular formula is C13H13BrF2N2S. The Kier molecular flexibility index (Phi) is 4.52. The van der Waals surface area contributed by atoms with Crippen molar-refractivity contribution >= 4 is 32.4 Å². The monoisotopic (exact) mass is 346 g/mol. The Bertz CT molecular complexity index is 575. The van der Waals surface area contributed by atoms with E-state index < -0.39 is 11.6 Å². The predicted octanol–water partition coefficient (Wildman–Crippen LogP) is 4.31. The van der Waals surface area contributed by atoms with E-state index in [4.69, 9.17) is 5.73 Å². The molecule has 0 aliphatic heterocycles. The van der Waals surface area contributed by atoms with Crippen LogP contribution in [0.2, 0.25) is 0 Å². The quantitative estimate of drug-likeness (QED) is 0.895. The van der Waals surface area contributed by atoms with E-state index in [1.165, 1.54) is 17.4 Å². The molecule has 19 heavy (non-hydrogen) atoms. The summed E-state index contributed by atoms with van der Waals surface area (Å²) >= 11 is 4.55. The lowest BCUT2D eigenvalue weighted by Gasteiger charge is -2.06. The minimum absolute atomic E-state index is 0.372. The molecule has 0 fully saturated rings. The van der Waals surface area contributed by atoms with E-state index in [0.29, 0.717) is 21.6 Å². The number of nitrogens with two attached hydrogens (primary N) is 1. The highest BCUT2D eigenvalue weighted by Crippen LogP contribution is 2.29. The Morgan fingerprint density at radius 3 is 2.74 bits per heavy atom. The number of thiazole rings is 1. The van der Waals surface area contributed by atoms with Gasteiger partial charge in [-0.05, 0) is 12.5 Å². The first-order chi connectivity index (χ1) is 9.01. The molecule has 0 amide bonds. The van der Waals surface area contributed by atoms with Gasteiger partial charge >= 0.3 is 0 Å². The minimum atomic E-state index is -0.592. The number of nitrogens with zero attached hydrogens (tertiary/aromatic N) is 1. The molecule has 0 saturated heterocycles. The number of hydrogen-bond donors (Lipinski definition) is 1. The number of benzene rings is 1. The van der Waals surface area contributed by atoms with Crippen LogP contribution in [0, 0.1) is 11.6 Å². The highest BCUT2D eigenvalue weighted by Gasteiger charge is 2.15. The Morgan fingerprint density at radius 2 is 2.11 bits per heavy atom. The second kappa shape index (κ2) is 5.96. The zero-order valence-electron chi connectivity index (χ0n) is 10.3. The molecular weight excluding hydrogens is 334 g/mol. The molecule has 2 nitrogen and oxygen atoms in total. The fourth-order valence-corrected chi connectivity index (χ4v) is 3.31. The van der Waals surface area contributed by atoms with E-state index in [0.717, 1.165) is 29.5 Å². The van der Waals surface area contributed by atoms with E-state index in [-0.39, 0.29) is 0 Å². The molecule has 1 aromatic heterocycles. The van der Waals surface area contributed by atoms with Gasteiger partial charge in [-0.2, -0.15) is 0 Å². The minimum Gasteiger partial charge on any atom is -0.375 e. The number of hydrogen-bond acceptors (Lipinski definition) is 3. The molecule has 2 N–H and O–H groups in total. The predicted molar refractivity (Wildman–Crippen MR) is 77.4 cm³/mol. The van der Waals surface area contributed by atoms with Gasteiger partial charge < -0.3 is 5.73 Å². The molecule has 6 heteroatoms. The normalized spacial score (nSPS) is 10.9. The lowest BCUT2D eigenvalue weighted by atomic mass is 10.1. The second-order valence-corrected chi connectivity index (χ2v) is 6.17. The molecule has 0 saturated carbocycles. The van der Waals surface area contributed by atoms with Crippen LogP contribution < -0.4 is 5.73 Å². The maximum absolute atomic E-state index is 13.8. The van der Waals surface area contributed by atoms with Crippen LogP contribution in [-0.2, 0) is 12.8 Å². The third kappa shape index (κ3) is 3.30. The molecule has 0 spiro atoms. The zero-order valence-corrected chi connectivity index (χ0v) is 12.7. The SMILES string of the molecule is CCCc1nc(N)sc1Cc1c(F)cc(F)cc1Br. The molecule has 0 bridgehead atoms. The highest BCUT2D eigenvalue weighted by atomic mass is 79.9. The molecule has 0 atom stereocenters. The molecule has 1 aromatic carbocycles. The molecule has 0 aliphatic rings. The highest BCUT2D eigenvalue weighted by molar-refractivity contribution is 9.10. The summed E-state index contributed by atoms with van der Waals surface area (Å²) in [6.45, 7) is 2.05. The van der Waals surface area contributed by atoms with Crippen molar-refractivity contribution in [3.63, 3.8) is 0 Å². The van der Waals surface area contributed by atoms with E-state index in [1.54, 1.807) is 0 Å². The Morgan fingerprint density at radius 1 is 1.37 bits per heavy atom. The van der Waals surface area contributed by atoms with Crippen LogP contribution >= 0.6 is 27.3 Å². The first kappa shape index (κ1) is 14.4. The largest absolute Gasteiger partial charge is 0.375 e. The van der Waals surface area contributed by atoms with E-state index >= 15 is 0 Å². The number of rotatable bonds is 4. The van der Waals surface area contributed by atoms with Gasteiger partial charge in [0.1, 0.15) is 11.6 Å². The molecule has 2 aromatic rings. The average molecular weight is 347 g/mol. The van der Waals surface area contributed by atoms with Gasteiger partial charge in [-0.15, -0.1) is 11.3 Å². The summed E-state index contributed by atoms with van der Waals surface area (Å²) < 4.78 is 27.3. The van der Waals surface area contributed by atoms with Crippen LogP contribution in [0.3, 0.4) is 0 Å². The smallest absolute Gasteiger partial charge is 0.180 e. The summed E-state index contributed by atoms with van der Waals surface area (Å²) in [5.41, 5.74) is 7.04. The van der Waals surface area contributed by atoms with Crippen molar-refractivity contribution in [2.75, 3.05) is 5.73 Å². The standard InChI is InChI=1S/C13H13BrF2N2S/c1-2-3-11-12(19-13(17)18-11)6-8-9(14)4-7(15)5-10(8)16/h4-5H,2-3,6H2,1H3,(H2,17,18). The number of aryl methyl sites for hydroxylation is 1. The van der Waals surface area contributed by atoms with Crippen molar-refractivity contribution in [2.24, 2.45) is 0 Å². The maximum Gasteiger partial charge on any atom is 0.180 e. The van der Waals surface area contributed by atoms with Crippen molar-refractivity contribution in [3.05, 3.63) is 44.4 Å². The van der Waals surface area contributed by atoms with Gasteiger partial charge in [0.25, 0.3) is 0 Å². The van der Waals surface area contributed by atoms with Crippen molar-refractivity contribution < 1.29 is 8.78 Å². The molecule has 2 rings (SSSR count). The van der Waals surface area contributed by atoms with Crippen LogP contribution in [-0.4, -0.2) is 4.98 Å². The van der Waals surface area contributed by atoms with Crippen LogP contribution in [0.5, 0.6) is 0 Å². The summed E-state index contributed by atoms with van der Waals surface area (Å²) in [6.07, 6.45) is 2.13. The van der Waals surface area contributed by atoms with E-state index in [9.17, 15) is 8.78 Å². The molecule has 0 aliphatic carbocycles. The van der Waals surface area contributed by atoms with E-state index in [1.807, 2.05) is 6.92 Å². The average Bonchev–Trinajstić information content (AvgIpc) is 2.64. The van der Waals surface area contributed by atoms with E-state index in [2.05, 4.69) is 20.9 Å². The van der Waals surface area contributed by atoms with Gasteiger partial charge in [0.2, 0.25) is 0 Å². The fourth-order valence-electron chi connectivity index (χ4n) is 1.88. The summed E-state index contributed by atoms with van der Waals surface area (Å²) in [6, 6.07) is 2.16. The summed E-state index contributed by atoms with van der Waals surface area (Å²) in [7, 11) is 0.